The quantitative estimate of drug-likeness (QED) is 0.762. The fourth-order valence-electron chi connectivity index (χ4n) is 0.907. The van der Waals surface area contributed by atoms with Gasteiger partial charge in [0.05, 0.1) is 6.20 Å². The van der Waals surface area contributed by atoms with E-state index >= 15 is 0 Å². The van der Waals surface area contributed by atoms with Gasteiger partial charge in [0.15, 0.2) is 5.13 Å². The topological polar surface area (TPSA) is 64.5 Å². The molecule has 0 aliphatic rings. The second-order valence-electron chi connectivity index (χ2n) is 2.35. The van der Waals surface area contributed by atoms with Crippen molar-refractivity contribution in [3.63, 3.8) is 0 Å². The fourth-order valence-corrected chi connectivity index (χ4v) is 1.53. The van der Waals surface area contributed by atoms with Crippen LogP contribution in [0.3, 0.4) is 0 Å². The van der Waals surface area contributed by atoms with Crippen LogP contribution in [-0.2, 0) is 0 Å². The molecule has 5 heteroatoms. The van der Waals surface area contributed by atoms with E-state index in [9.17, 15) is 0 Å². The van der Waals surface area contributed by atoms with Gasteiger partial charge in [-0.2, -0.15) is 5.26 Å². The van der Waals surface area contributed by atoms with Crippen LogP contribution in [0.4, 0.5) is 10.9 Å². The van der Waals surface area contributed by atoms with Crippen molar-refractivity contribution in [1.82, 2.24) is 9.97 Å². The van der Waals surface area contributed by atoms with Gasteiger partial charge in [0.2, 0.25) is 0 Å². The molecular weight excluding hydrogens is 184 g/mol. The lowest BCUT2D eigenvalue weighted by atomic mass is 10.6. The largest absolute Gasteiger partial charge is 0.348 e. The Morgan fingerprint density at radius 3 is 3.15 bits per heavy atom. The number of hydrogen-bond acceptors (Lipinski definition) is 4. The molecule has 64 valence electrons. The average Bonchev–Trinajstić information content (AvgIpc) is 2.76. The van der Waals surface area contributed by atoms with Crippen molar-refractivity contribution in [1.29, 1.82) is 5.26 Å². The first-order valence-corrected chi connectivity index (χ1v) is 4.46. The zero-order chi connectivity index (χ0) is 9.10. The molecule has 0 unspecified atom stereocenters. The smallest absolute Gasteiger partial charge is 0.189 e. The standard InChI is InChI=1S/C8H6N4S/c9-4-6-5-11-8(13-6)12-7-2-1-3-10-7/h1-3,5,10H,(H,11,12). The monoisotopic (exact) mass is 190 g/mol. The van der Waals surface area contributed by atoms with Gasteiger partial charge in [0, 0.05) is 6.20 Å². The molecule has 0 aromatic carbocycles. The van der Waals surface area contributed by atoms with Crippen molar-refractivity contribution in [2.75, 3.05) is 5.32 Å². The van der Waals surface area contributed by atoms with Crippen LogP contribution >= 0.6 is 11.3 Å². The molecule has 0 saturated heterocycles. The zero-order valence-electron chi connectivity index (χ0n) is 6.61. The number of nitrogens with zero attached hydrogens (tertiary/aromatic N) is 2. The molecule has 0 aliphatic carbocycles. The van der Waals surface area contributed by atoms with E-state index in [1.54, 1.807) is 6.20 Å². The van der Waals surface area contributed by atoms with Gasteiger partial charge in [-0.15, -0.1) is 0 Å². The molecule has 2 N–H and O–H groups in total. The second-order valence-corrected chi connectivity index (χ2v) is 3.38. The van der Waals surface area contributed by atoms with Crippen molar-refractivity contribution in [3.8, 4) is 6.07 Å². The second kappa shape index (κ2) is 3.29. The van der Waals surface area contributed by atoms with Crippen LogP contribution in [0.1, 0.15) is 4.88 Å². The summed E-state index contributed by atoms with van der Waals surface area (Å²) >= 11 is 1.33. The Bertz CT molecular complexity index is 423. The zero-order valence-corrected chi connectivity index (χ0v) is 7.43. The third-order valence-corrected chi connectivity index (χ3v) is 2.27. The van der Waals surface area contributed by atoms with E-state index in [1.807, 2.05) is 24.4 Å². The first kappa shape index (κ1) is 7.83. The van der Waals surface area contributed by atoms with Crippen molar-refractivity contribution < 1.29 is 0 Å². The van der Waals surface area contributed by atoms with Gasteiger partial charge in [-0.25, -0.2) is 4.98 Å². The molecule has 4 nitrogen and oxygen atoms in total. The lowest BCUT2D eigenvalue weighted by molar-refractivity contribution is 1.33. The number of thiazole rings is 1. The van der Waals surface area contributed by atoms with E-state index in [-0.39, 0.29) is 0 Å². The molecule has 0 fully saturated rings. The molecule has 0 spiro atoms. The predicted molar refractivity (Wildman–Crippen MR) is 50.9 cm³/mol. The van der Waals surface area contributed by atoms with Crippen molar-refractivity contribution in [2.45, 2.75) is 0 Å². The summed E-state index contributed by atoms with van der Waals surface area (Å²) in [7, 11) is 0. The number of anilines is 2. The molecule has 2 heterocycles. The molecule has 0 bridgehead atoms. The van der Waals surface area contributed by atoms with Crippen molar-refractivity contribution >= 4 is 22.3 Å². The fraction of sp³-hybridized carbons (Fsp3) is 0. The minimum Gasteiger partial charge on any atom is -0.348 e. The van der Waals surface area contributed by atoms with Gasteiger partial charge in [-0.1, -0.05) is 11.3 Å². The normalized spacial score (nSPS) is 9.46. The van der Waals surface area contributed by atoms with Crippen molar-refractivity contribution in [3.05, 3.63) is 29.4 Å². The Kier molecular flexibility index (Phi) is 1.98. The molecule has 0 aliphatic heterocycles. The summed E-state index contributed by atoms with van der Waals surface area (Å²) in [4.78, 5) is 7.62. The SMILES string of the molecule is N#Cc1cnc(Nc2ccc[nH]2)s1. The lowest BCUT2D eigenvalue weighted by Crippen LogP contribution is -1.87. The number of aromatic nitrogens is 2. The summed E-state index contributed by atoms with van der Waals surface area (Å²) in [6.45, 7) is 0. The summed E-state index contributed by atoms with van der Waals surface area (Å²) < 4.78 is 0. The third-order valence-electron chi connectivity index (χ3n) is 1.46. The number of hydrogen-bond donors (Lipinski definition) is 2. The number of aromatic amines is 1. The number of nitriles is 1. The van der Waals surface area contributed by atoms with Gasteiger partial charge in [0.1, 0.15) is 16.8 Å². The van der Waals surface area contributed by atoms with E-state index in [1.165, 1.54) is 11.3 Å². The Hall–Kier alpha value is -1.80. The molecular formula is C8H6N4S. The molecule has 0 amide bonds. The van der Waals surface area contributed by atoms with E-state index in [0.29, 0.717) is 4.88 Å². The van der Waals surface area contributed by atoms with E-state index in [0.717, 1.165) is 10.9 Å². The summed E-state index contributed by atoms with van der Waals surface area (Å²) in [6.07, 6.45) is 3.37. The Balaban J connectivity index is 2.15. The summed E-state index contributed by atoms with van der Waals surface area (Å²) in [5.74, 6) is 0.874. The summed E-state index contributed by atoms with van der Waals surface area (Å²) in [6, 6.07) is 5.82. The molecule has 2 aromatic rings. The van der Waals surface area contributed by atoms with Crippen LogP contribution < -0.4 is 5.32 Å². The minimum atomic E-state index is 0.606. The maximum Gasteiger partial charge on any atom is 0.189 e. The molecule has 0 atom stereocenters. The minimum absolute atomic E-state index is 0.606. The van der Waals surface area contributed by atoms with Gasteiger partial charge < -0.3 is 10.3 Å². The molecule has 2 aromatic heterocycles. The van der Waals surface area contributed by atoms with Crippen LogP contribution in [-0.4, -0.2) is 9.97 Å². The van der Waals surface area contributed by atoms with E-state index < -0.39 is 0 Å². The van der Waals surface area contributed by atoms with Crippen LogP contribution in [0.25, 0.3) is 0 Å². The van der Waals surface area contributed by atoms with Crippen LogP contribution in [0.2, 0.25) is 0 Å². The summed E-state index contributed by atoms with van der Waals surface area (Å²) in [5, 5.41) is 12.3. The highest BCUT2D eigenvalue weighted by molar-refractivity contribution is 7.16. The van der Waals surface area contributed by atoms with Gasteiger partial charge in [0.25, 0.3) is 0 Å². The molecule has 0 radical (unpaired) electrons. The van der Waals surface area contributed by atoms with Crippen molar-refractivity contribution in [2.24, 2.45) is 0 Å². The number of H-pyrrole nitrogens is 1. The van der Waals surface area contributed by atoms with Crippen LogP contribution in [0.15, 0.2) is 24.5 Å². The first-order valence-electron chi connectivity index (χ1n) is 3.65. The van der Waals surface area contributed by atoms with Gasteiger partial charge >= 0.3 is 0 Å². The highest BCUT2D eigenvalue weighted by Gasteiger charge is 2.00. The average molecular weight is 190 g/mol. The summed E-state index contributed by atoms with van der Waals surface area (Å²) in [5.41, 5.74) is 0. The number of rotatable bonds is 2. The lowest BCUT2D eigenvalue weighted by Gasteiger charge is -1.95. The first-order chi connectivity index (χ1) is 6.38. The highest BCUT2D eigenvalue weighted by Crippen LogP contribution is 2.20. The van der Waals surface area contributed by atoms with Crippen LogP contribution in [0, 0.1) is 11.3 Å². The maximum atomic E-state index is 8.56. The Morgan fingerprint density at radius 2 is 2.54 bits per heavy atom. The highest BCUT2D eigenvalue weighted by atomic mass is 32.1. The maximum absolute atomic E-state index is 8.56. The Morgan fingerprint density at radius 1 is 1.62 bits per heavy atom. The predicted octanol–water partition coefficient (Wildman–Crippen LogP) is 2.09. The number of nitrogens with one attached hydrogen (secondary N) is 2. The Labute approximate surface area is 78.9 Å². The van der Waals surface area contributed by atoms with Gasteiger partial charge in [-0.3, -0.25) is 0 Å². The molecule has 13 heavy (non-hydrogen) atoms. The van der Waals surface area contributed by atoms with E-state index in [4.69, 9.17) is 5.26 Å². The van der Waals surface area contributed by atoms with E-state index in [2.05, 4.69) is 15.3 Å². The molecule has 2 rings (SSSR count). The van der Waals surface area contributed by atoms with Crippen LogP contribution in [0.5, 0.6) is 0 Å². The van der Waals surface area contributed by atoms with Gasteiger partial charge in [-0.05, 0) is 12.1 Å². The third kappa shape index (κ3) is 1.68. The molecule has 0 saturated carbocycles.